The van der Waals surface area contributed by atoms with Crippen molar-refractivity contribution in [2.24, 2.45) is 0 Å². The zero-order valence-corrected chi connectivity index (χ0v) is 23.0. The fourth-order valence-corrected chi connectivity index (χ4v) is 4.73. The van der Waals surface area contributed by atoms with Crippen LogP contribution in [0.3, 0.4) is 0 Å². The molecule has 8 nitrogen and oxygen atoms in total. The van der Waals surface area contributed by atoms with E-state index in [1.807, 2.05) is 6.07 Å². The average Bonchev–Trinajstić information content (AvgIpc) is 2.97. The van der Waals surface area contributed by atoms with Gasteiger partial charge in [-0.05, 0) is 41.5 Å². The van der Waals surface area contributed by atoms with E-state index in [1.165, 1.54) is 18.5 Å². The number of rotatable bonds is 8. The molecule has 1 fully saturated rings. The van der Waals surface area contributed by atoms with E-state index in [9.17, 15) is 41.0 Å². The van der Waals surface area contributed by atoms with Crippen LogP contribution in [0, 0.1) is 17.5 Å². The van der Waals surface area contributed by atoms with Gasteiger partial charge >= 0.3 is 12.6 Å². The van der Waals surface area contributed by atoms with Crippen LogP contribution in [-0.4, -0.2) is 66.0 Å². The number of fused-ring (bicyclic) bond motifs is 1. The van der Waals surface area contributed by atoms with Gasteiger partial charge in [-0.1, -0.05) is 24.3 Å². The number of carbonyl (C=O) groups excluding carboxylic acids is 1. The second-order valence-electron chi connectivity index (χ2n) is 9.68. The van der Waals surface area contributed by atoms with Crippen LogP contribution in [0.5, 0.6) is 0 Å². The van der Waals surface area contributed by atoms with Gasteiger partial charge in [0, 0.05) is 37.0 Å². The van der Waals surface area contributed by atoms with Gasteiger partial charge in [0.15, 0.2) is 0 Å². The van der Waals surface area contributed by atoms with Gasteiger partial charge in [0.2, 0.25) is 0 Å². The zero-order chi connectivity index (χ0) is 31.8. The second-order valence-corrected chi connectivity index (χ2v) is 9.68. The summed E-state index contributed by atoms with van der Waals surface area (Å²) in [6.45, 7) is -1.92. The lowest BCUT2D eigenvalue weighted by Gasteiger charge is -2.29. The van der Waals surface area contributed by atoms with Crippen molar-refractivity contribution in [3.63, 3.8) is 0 Å². The summed E-state index contributed by atoms with van der Waals surface area (Å²) in [4.78, 5) is 35.0. The lowest BCUT2D eigenvalue weighted by molar-refractivity contribution is -0.139. The highest BCUT2D eigenvalue weighted by molar-refractivity contribution is 5.97. The van der Waals surface area contributed by atoms with Gasteiger partial charge in [0.1, 0.15) is 35.4 Å². The Bertz CT molecular complexity index is 1610. The molecule has 44 heavy (non-hydrogen) atoms. The summed E-state index contributed by atoms with van der Waals surface area (Å²) >= 11 is 0. The standard InChI is InChI=1S/C29H25F3N4O4.CHF3/c30-19-4-5-24-21(13-19)25(34-16-33-24)11-17-2-1-3-18(10-17)12-26(29(38)39)35-28(37)27-22(31)14-20(15-23(27)32)36-6-8-40-9-7-36;2-1(3)4/h1-5,10,13-16,26H,6-9,11-12H2,(H,35,37)(H,38,39);1H. The maximum absolute atomic E-state index is 14.9. The Morgan fingerprint density at radius 1 is 0.932 bits per heavy atom. The predicted octanol–water partition coefficient (Wildman–Crippen LogP) is 5.08. The van der Waals surface area contributed by atoms with Crippen LogP contribution in [0.15, 0.2) is 60.9 Å². The molecule has 2 heterocycles. The van der Waals surface area contributed by atoms with Crippen molar-refractivity contribution in [3.05, 3.63) is 101 Å². The minimum atomic E-state index is -3.67. The first-order chi connectivity index (χ1) is 21.0. The molecule has 1 aliphatic heterocycles. The third kappa shape index (κ3) is 8.43. The molecule has 1 atom stereocenters. The first-order valence-electron chi connectivity index (χ1n) is 13.3. The van der Waals surface area contributed by atoms with Crippen molar-refractivity contribution in [1.29, 1.82) is 0 Å². The number of ether oxygens (including phenoxy) is 1. The Hall–Kier alpha value is -4.72. The van der Waals surface area contributed by atoms with Gasteiger partial charge in [-0.2, -0.15) is 13.2 Å². The van der Waals surface area contributed by atoms with Crippen molar-refractivity contribution >= 4 is 28.5 Å². The molecule has 0 radical (unpaired) electrons. The molecule has 1 aromatic heterocycles. The zero-order valence-electron chi connectivity index (χ0n) is 23.0. The molecule has 0 spiro atoms. The summed E-state index contributed by atoms with van der Waals surface area (Å²) in [7, 11) is 0. The molecule has 3 aromatic carbocycles. The molecule has 2 N–H and O–H groups in total. The monoisotopic (exact) mass is 620 g/mol. The Balaban J connectivity index is 0.00000104. The molecule has 0 bridgehead atoms. The number of morpholine rings is 1. The largest absolute Gasteiger partial charge is 0.480 e. The van der Waals surface area contributed by atoms with E-state index in [1.54, 1.807) is 29.2 Å². The first-order valence-corrected chi connectivity index (χ1v) is 13.3. The van der Waals surface area contributed by atoms with E-state index < -0.39 is 47.6 Å². The van der Waals surface area contributed by atoms with Gasteiger partial charge in [0.25, 0.3) is 5.91 Å². The highest BCUT2D eigenvalue weighted by atomic mass is 19.4. The normalized spacial score (nSPS) is 13.8. The van der Waals surface area contributed by atoms with Gasteiger partial charge in [0.05, 0.1) is 24.4 Å². The van der Waals surface area contributed by atoms with Crippen molar-refractivity contribution in [2.45, 2.75) is 25.6 Å². The Labute approximate surface area is 247 Å². The topological polar surface area (TPSA) is 105 Å². The summed E-state index contributed by atoms with van der Waals surface area (Å²) in [5.41, 5.74) is 1.96. The number of alkyl halides is 3. The fourth-order valence-electron chi connectivity index (χ4n) is 4.73. The van der Waals surface area contributed by atoms with E-state index in [0.29, 0.717) is 54.9 Å². The number of halogens is 6. The minimum Gasteiger partial charge on any atom is -0.480 e. The number of carbonyl (C=O) groups is 2. The molecular formula is C30H26F6N4O4. The molecule has 1 saturated heterocycles. The molecule has 5 rings (SSSR count). The quantitative estimate of drug-likeness (QED) is 0.265. The number of carboxylic acids is 1. The third-order valence-corrected chi connectivity index (χ3v) is 6.72. The van der Waals surface area contributed by atoms with Crippen LogP contribution >= 0.6 is 0 Å². The smallest absolute Gasteiger partial charge is 0.379 e. The highest BCUT2D eigenvalue weighted by Crippen LogP contribution is 2.24. The van der Waals surface area contributed by atoms with E-state index in [2.05, 4.69) is 15.3 Å². The fraction of sp³-hybridized carbons (Fsp3) is 0.267. The first kappa shape index (κ1) is 32.2. The maximum Gasteiger partial charge on any atom is 0.379 e. The van der Waals surface area contributed by atoms with E-state index >= 15 is 0 Å². The number of nitrogens with one attached hydrogen (secondary N) is 1. The molecular weight excluding hydrogens is 594 g/mol. The maximum atomic E-state index is 14.9. The lowest BCUT2D eigenvalue weighted by Crippen LogP contribution is -2.43. The number of nitrogens with zero attached hydrogens (tertiary/aromatic N) is 3. The number of aromatic nitrogens is 2. The lowest BCUT2D eigenvalue weighted by atomic mass is 9.99. The van der Waals surface area contributed by atoms with E-state index in [-0.39, 0.29) is 12.1 Å². The van der Waals surface area contributed by atoms with Crippen molar-refractivity contribution in [2.75, 3.05) is 31.2 Å². The second kappa shape index (κ2) is 14.6. The molecule has 1 amide bonds. The summed E-state index contributed by atoms with van der Waals surface area (Å²) in [5.74, 6) is -5.11. The molecule has 0 saturated carbocycles. The predicted molar refractivity (Wildman–Crippen MR) is 148 cm³/mol. The minimum absolute atomic E-state index is 0.136. The number of anilines is 1. The van der Waals surface area contributed by atoms with Crippen LogP contribution in [0.2, 0.25) is 0 Å². The Morgan fingerprint density at radius 3 is 2.25 bits per heavy atom. The SMILES string of the molecule is FC(F)F.O=C(NC(Cc1cccc(Cc2ncnc3ccc(F)cc23)c1)C(=O)O)c1c(F)cc(N2CCOCC2)cc1F. The highest BCUT2D eigenvalue weighted by Gasteiger charge is 2.26. The van der Waals surface area contributed by atoms with Crippen LogP contribution in [0.25, 0.3) is 10.9 Å². The average molecular weight is 621 g/mol. The molecule has 1 aliphatic rings. The molecule has 0 aliphatic carbocycles. The van der Waals surface area contributed by atoms with Crippen LogP contribution in [0.4, 0.5) is 32.0 Å². The summed E-state index contributed by atoms with van der Waals surface area (Å²) in [5, 5.41) is 12.6. The van der Waals surface area contributed by atoms with Gasteiger partial charge in [-0.3, -0.25) is 4.79 Å². The molecule has 4 aromatic rings. The summed E-state index contributed by atoms with van der Waals surface area (Å²) < 4.78 is 77.8. The number of hydrogen-bond donors (Lipinski definition) is 2. The number of amides is 1. The summed E-state index contributed by atoms with van der Waals surface area (Å²) in [6, 6.07) is 11.9. The number of aliphatic carboxylic acids is 1. The van der Waals surface area contributed by atoms with Gasteiger partial charge in [-0.25, -0.2) is 27.9 Å². The van der Waals surface area contributed by atoms with Crippen LogP contribution < -0.4 is 10.2 Å². The molecule has 14 heteroatoms. The third-order valence-electron chi connectivity index (χ3n) is 6.72. The summed E-state index contributed by atoms with van der Waals surface area (Å²) in [6.07, 6.45) is 1.58. The molecule has 232 valence electrons. The van der Waals surface area contributed by atoms with Gasteiger partial charge in [-0.15, -0.1) is 0 Å². The molecule has 1 unspecified atom stereocenters. The van der Waals surface area contributed by atoms with E-state index in [4.69, 9.17) is 4.74 Å². The van der Waals surface area contributed by atoms with Crippen molar-refractivity contribution in [3.8, 4) is 0 Å². The Morgan fingerprint density at radius 2 is 1.59 bits per heavy atom. The van der Waals surface area contributed by atoms with Crippen molar-refractivity contribution in [1.82, 2.24) is 15.3 Å². The van der Waals surface area contributed by atoms with Crippen LogP contribution in [0.1, 0.15) is 27.2 Å². The van der Waals surface area contributed by atoms with Gasteiger partial charge < -0.3 is 20.1 Å². The van der Waals surface area contributed by atoms with Crippen LogP contribution in [-0.2, 0) is 22.4 Å². The Kier molecular flexibility index (Phi) is 10.7. The number of carboxylic acid groups (broad SMARTS) is 1. The van der Waals surface area contributed by atoms with Crippen molar-refractivity contribution < 1.29 is 45.8 Å². The number of hydrogen-bond acceptors (Lipinski definition) is 6. The number of benzene rings is 3. The van der Waals surface area contributed by atoms with E-state index in [0.717, 1.165) is 17.7 Å².